The van der Waals surface area contributed by atoms with E-state index >= 15 is 0 Å². The van der Waals surface area contributed by atoms with Gasteiger partial charge in [-0.25, -0.2) is 19.9 Å². The number of aromatic nitrogens is 4. The second-order valence-electron chi connectivity index (χ2n) is 7.88. The molecule has 1 fully saturated rings. The molecule has 1 aliphatic rings. The number of aryl methyl sites for hydroxylation is 2. The molecule has 7 heteroatoms. The first-order chi connectivity index (χ1) is 15.1. The molecule has 5 rings (SSSR count). The number of nitrogens with one attached hydrogen (secondary N) is 2. The molecule has 1 saturated heterocycles. The van der Waals surface area contributed by atoms with E-state index in [0.29, 0.717) is 5.95 Å². The minimum Gasteiger partial charge on any atom is -0.354 e. The second-order valence-corrected chi connectivity index (χ2v) is 7.88. The van der Waals surface area contributed by atoms with Crippen LogP contribution in [0.25, 0.3) is 11.0 Å². The molecule has 4 aromatic rings. The van der Waals surface area contributed by atoms with Gasteiger partial charge in [0, 0.05) is 35.9 Å². The topological polar surface area (TPSA) is 78.9 Å². The highest BCUT2D eigenvalue weighted by molar-refractivity contribution is 5.82. The fourth-order valence-corrected chi connectivity index (χ4v) is 3.91. The minimum absolute atomic E-state index is 0.606. The van der Waals surface area contributed by atoms with Crippen LogP contribution in [0.1, 0.15) is 24.2 Å². The molecule has 7 nitrogen and oxygen atoms in total. The van der Waals surface area contributed by atoms with E-state index in [-0.39, 0.29) is 0 Å². The second kappa shape index (κ2) is 8.18. The van der Waals surface area contributed by atoms with Gasteiger partial charge >= 0.3 is 0 Å². The Labute approximate surface area is 181 Å². The van der Waals surface area contributed by atoms with Gasteiger partial charge in [-0.05, 0) is 69.2 Å². The van der Waals surface area contributed by atoms with Crippen LogP contribution in [0.3, 0.4) is 0 Å². The summed E-state index contributed by atoms with van der Waals surface area (Å²) in [6.07, 6.45) is 2.38. The van der Waals surface area contributed by atoms with E-state index in [1.807, 2.05) is 68.4 Å². The molecule has 0 radical (unpaired) electrons. The van der Waals surface area contributed by atoms with Crippen LogP contribution < -0.4 is 15.5 Å². The van der Waals surface area contributed by atoms with Crippen LogP contribution in [-0.4, -0.2) is 33.0 Å². The number of fused-ring (bicyclic) bond motifs is 1. The molecular formula is C24H25N7. The number of anilines is 5. The molecule has 0 saturated carbocycles. The normalized spacial score (nSPS) is 13.5. The Bertz CT molecular complexity index is 1190. The molecule has 0 bridgehead atoms. The first-order valence-corrected chi connectivity index (χ1v) is 10.6. The molecular weight excluding hydrogens is 386 g/mol. The Morgan fingerprint density at radius 1 is 0.710 bits per heavy atom. The van der Waals surface area contributed by atoms with Gasteiger partial charge < -0.3 is 15.5 Å². The molecule has 0 unspecified atom stereocenters. The molecule has 2 aromatic carbocycles. The van der Waals surface area contributed by atoms with Gasteiger partial charge in [-0.1, -0.05) is 12.1 Å². The van der Waals surface area contributed by atoms with Gasteiger partial charge in [-0.3, -0.25) is 0 Å². The molecule has 0 spiro atoms. The first-order valence-electron chi connectivity index (χ1n) is 10.6. The van der Waals surface area contributed by atoms with Gasteiger partial charge in [0.05, 0.1) is 11.0 Å². The largest absolute Gasteiger partial charge is 0.354 e. The van der Waals surface area contributed by atoms with Crippen molar-refractivity contribution in [2.24, 2.45) is 0 Å². The summed E-state index contributed by atoms with van der Waals surface area (Å²) < 4.78 is 0. The van der Waals surface area contributed by atoms with E-state index in [9.17, 15) is 0 Å². The number of hydrogen-bond donors (Lipinski definition) is 2. The van der Waals surface area contributed by atoms with Crippen LogP contribution >= 0.6 is 0 Å². The number of nitrogens with zero attached hydrogens (tertiary/aromatic N) is 5. The zero-order valence-electron chi connectivity index (χ0n) is 17.8. The molecule has 2 N–H and O–H groups in total. The lowest BCUT2D eigenvalue weighted by Crippen LogP contribution is -2.21. The van der Waals surface area contributed by atoms with Gasteiger partial charge in [0.1, 0.15) is 0 Å². The van der Waals surface area contributed by atoms with Gasteiger partial charge in [0.25, 0.3) is 0 Å². The van der Waals surface area contributed by atoms with Crippen molar-refractivity contribution in [2.45, 2.75) is 26.7 Å². The number of hydrogen-bond acceptors (Lipinski definition) is 7. The molecule has 156 valence electrons. The van der Waals surface area contributed by atoms with E-state index in [4.69, 9.17) is 9.97 Å². The fourth-order valence-electron chi connectivity index (χ4n) is 3.91. The quantitative estimate of drug-likeness (QED) is 0.472. The summed E-state index contributed by atoms with van der Waals surface area (Å²) in [5.74, 6) is 2.32. The summed E-state index contributed by atoms with van der Waals surface area (Å²) in [6, 6.07) is 18.0. The van der Waals surface area contributed by atoms with E-state index in [1.54, 1.807) is 0 Å². The Balaban J connectivity index is 1.40. The Hall–Kier alpha value is -3.74. The van der Waals surface area contributed by atoms with Crippen molar-refractivity contribution in [3.8, 4) is 0 Å². The highest BCUT2D eigenvalue weighted by Gasteiger charge is 2.19. The van der Waals surface area contributed by atoms with Gasteiger partial charge in [-0.2, -0.15) is 0 Å². The van der Waals surface area contributed by atoms with Crippen molar-refractivity contribution >= 4 is 40.0 Å². The summed E-state index contributed by atoms with van der Waals surface area (Å²) in [5, 5.41) is 6.75. The van der Waals surface area contributed by atoms with Crippen molar-refractivity contribution in [3.05, 3.63) is 66.0 Å². The number of rotatable bonds is 5. The Morgan fingerprint density at radius 3 is 1.94 bits per heavy atom. The van der Waals surface area contributed by atoms with E-state index in [0.717, 1.165) is 58.5 Å². The average molecular weight is 412 g/mol. The number of benzene rings is 2. The monoisotopic (exact) mass is 411 g/mol. The van der Waals surface area contributed by atoms with E-state index in [2.05, 4.69) is 25.5 Å². The summed E-state index contributed by atoms with van der Waals surface area (Å²) >= 11 is 0. The van der Waals surface area contributed by atoms with Crippen LogP contribution in [-0.2, 0) is 0 Å². The smallest absolute Gasteiger partial charge is 0.227 e. The molecule has 0 aliphatic carbocycles. The maximum atomic E-state index is 4.92. The van der Waals surface area contributed by atoms with Crippen molar-refractivity contribution in [2.75, 3.05) is 28.6 Å². The highest BCUT2D eigenvalue weighted by atomic mass is 15.2. The third kappa shape index (κ3) is 4.26. The molecule has 3 heterocycles. The summed E-state index contributed by atoms with van der Waals surface area (Å²) in [6.45, 7) is 5.96. The highest BCUT2D eigenvalue weighted by Crippen LogP contribution is 2.30. The van der Waals surface area contributed by atoms with Crippen molar-refractivity contribution < 1.29 is 0 Å². The lowest BCUT2D eigenvalue weighted by molar-refractivity contribution is 0.939. The number of para-hydroxylation sites is 2. The molecule has 1 aliphatic heterocycles. The summed E-state index contributed by atoms with van der Waals surface area (Å²) in [7, 11) is 0. The Kier molecular flexibility index (Phi) is 5.08. The lowest BCUT2D eigenvalue weighted by Gasteiger charge is -2.20. The van der Waals surface area contributed by atoms with Crippen LogP contribution in [0, 0.1) is 13.8 Å². The minimum atomic E-state index is 0.606. The van der Waals surface area contributed by atoms with Crippen LogP contribution in [0.15, 0.2) is 54.6 Å². The standard InChI is InChI=1S/C24H25N7/c1-16-15-17(2)26-24(25-16)28-19-11-9-18(10-12-19)27-22-23(31-13-5-6-14-31)30-21-8-4-3-7-20(21)29-22/h3-4,7-12,15H,5-6,13-14H2,1-2H3,(H,27,29)(H,25,26,28). The third-order valence-corrected chi connectivity index (χ3v) is 5.34. The predicted octanol–water partition coefficient (Wildman–Crippen LogP) is 5.12. The molecule has 0 amide bonds. The first kappa shape index (κ1) is 19.2. The predicted molar refractivity (Wildman–Crippen MR) is 125 cm³/mol. The van der Waals surface area contributed by atoms with E-state index in [1.165, 1.54) is 12.8 Å². The zero-order valence-corrected chi connectivity index (χ0v) is 17.8. The zero-order chi connectivity index (χ0) is 21.2. The van der Waals surface area contributed by atoms with Crippen LogP contribution in [0.4, 0.5) is 29.0 Å². The molecule has 2 aromatic heterocycles. The maximum Gasteiger partial charge on any atom is 0.227 e. The SMILES string of the molecule is Cc1cc(C)nc(Nc2ccc(Nc3nc4ccccc4nc3N3CCCC3)cc2)n1. The van der Waals surface area contributed by atoms with Gasteiger partial charge in [0.15, 0.2) is 11.6 Å². The van der Waals surface area contributed by atoms with Crippen LogP contribution in [0.5, 0.6) is 0 Å². The molecule has 0 atom stereocenters. The fraction of sp³-hybridized carbons (Fsp3) is 0.250. The van der Waals surface area contributed by atoms with Crippen molar-refractivity contribution in [1.29, 1.82) is 0 Å². The summed E-state index contributed by atoms with van der Waals surface area (Å²) in [5.41, 5.74) is 5.58. The van der Waals surface area contributed by atoms with E-state index < -0.39 is 0 Å². The summed E-state index contributed by atoms with van der Waals surface area (Å²) in [4.78, 5) is 21.0. The lowest BCUT2D eigenvalue weighted by atomic mass is 10.2. The maximum absolute atomic E-state index is 4.92. The molecule has 31 heavy (non-hydrogen) atoms. The van der Waals surface area contributed by atoms with Crippen molar-refractivity contribution in [3.63, 3.8) is 0 Å². The average Bonchev–Trinajstić information content (AvgIpc) is 3.29. The Morgan fingerprint density at radius 2 is 1.29 bits per heavy atom. The van der Waals surface area contributed by atoms with Gasteiger partial charge in [0.2, 0.25) is 5.95 Å². The van der Waals surface area contributed by atoms with Gasteiger partial charge in [-0.15, -0.1) is 0 Å². The van der Waals surface area contributed by atoms with Crippen molar-refractivity contribution in [1.82, 2.24) is 19.9 Å². The van der Waals surface area contributed by atoms with Crippen LogP contribution in [0.2, 0.25) is 0 Å². The third-order valence-electron chi connectivity index (χ3n) is 5.34.